The standard InChI is InChI=1S/C58H94O6/c1-4-7-10-13-16-19-22-25-27-29-31-33-36-39-42-45-48-51-57(60)63-54-55(53-62-56(59)50-47-44-41-38-35-24-21-18-15-12-9-6-3)64-58(61)52-49-46-43-40-37-34-32-30-28-26-23-20-17-14-11-8-5-2/h9,12,18,21,25-28,31-35,38-40,42-43,55H,4-8,10-11,13-17,19-20,22-24,29-30,36-37,41,44-54H2,1-3H3/b12-9-,21-18-,27-25-,28-26-,33-31-,34-32-,38-35-,42-39-,43-40-. The van der Waals surface area contributed by atoms with E-state index >= 15 is 0 Å². The van der Waals surface area contributed by atoms with Gasteiger partial charge in [0.25, 0.3) is 0 Å². The van der Waals surface area contributed by atoms with Gasteiger partial charge in [0, 0.05) is 19.3 Å². The van der Waals surface area contributed by atoms with Crippen LogP contribution in [0, 0.1) is 0 Å². The van der Waals surface area contributed by atoms with E-state index in [1.54, 1.807) is 0 Å². The van der Waals surface area contributed by atoms with E-state index in [4.69, 9.17) is 14.2 Å². The van der Waals surface area contributed by atoms with E-state index in [1.807, 2.05) is 0 Å². The number of allylic oxidation sites excluding steroid dienone is 18. The Hall–Kier alpha value is -3.93. The van der Waals surface area contributed by atoms with Gasteiger partial charge >= 0.3 is 17.9 Å². The summed E-state index contributed by atoms with van der Waals surface area (Å²) in [6, 6.07) is 0. The van der Waals surface area contributed by atoms with Gasteiger partial charge in [-0.1, -0.05) is 194 Å². The molecule has 1 unspecified atom stereocenters. The Balaban J connectivity index is 4.59. The highest BCUT2D eigenvalue weighted by Gasteiger charge is 2.19. The van der Waals surface area contributed by atoms with Crippen LogP contribution in [0.3, 0.4) is 0 Å². The molecule has 0 aromatic carbocycles. The molecule has 0 aliphatic carbocycles. The summed E-state index contributed by atoms with van der Waals surface area (Å²) in [5.74, 6) is -1.08. The molecule has 0 aromatic rings. The number of carbonyl (C=O) groups excluding carboxylic acids is 3. The van der Waals surface area contributed by atoms with Gasteiger partial charge in [0.2, 0.25) is 0 Å². The van der Waals surface area contributed by atoms with Gasteiger partial charge in [0.1, 0.15) is 13.2 Å². The van der Waals surface area contributed by atoms with Crippen LogP contribution in [0.4, 0.5) is 0 Å². The Bertz CT molecular complexity index is 1340. The van der Waals surface area contributed by atoms with E-state index in [0.29, 0.717) is 19.3 Å². The average Bonchev–Trinajstić information content (AvgIpc) is 3.29. The van der Waals surface area contributed by atoms with Crippen LogP contribution in [0.25, 0.3) is 0 Å². The van der Waals surface area contributed by atoms with Gasteiger partial charge in [0.05, 0.1) is 0 Å². The molecular weight excluding hydrogens is 793 g/mol. The van der Waals surface area contributed by atoms with E-state index in [0.717, 1.165) is 70.6 Å². The van der Waals surface area contributed by atoms with Crippen molar-refractivity contribution >= 4 is 17.9 Å². The molecule has 6 nitrogen and oxygen atoms in total. The molecule has 6 heteroatoms. The van der Waals surface area contributed by atoms with Crippen molar-refractivity contribution in [3.63, 3.8) is 0 Å². The summed E-state index contributed by atoms with van der Waals surface area (Å²) in [6.45, 7) is 6.37. The largest absolute Gasteiger partial charge is 0.462 e. The van der Waals surface area contributed by atoms with Crippen LogP contribution in [0.1, 0.15) is 220 Å². The van der Waals surface area contributed by atoms with Crippen molar-refractivity contribution in [3.05, 3.63) is 109 Å². The second-order valence-corrected chi connectivity index (χ2v) is 16.7. The third-order valence-corrected chi connectivity index (χ3v) is 10.5. The number of hydrogen-bond donors (Lipinski definition) is 0. The van der Waals surface area contributed by atoms with Gasteiger partial charge in [-0.05, 0) is 116 Å². The lowest BCUT2D eigenvalue weighted by Gasteiger charge is -2.18. The minimum atomic E-state index is -0.841. The van der Waals surface area contributed by atoms with E-state index in [1.165, 1.54) is 89.9 Å². The topological polar surface area (TPSA) is 78.9 Å². The lowest BCUT2D eigenvalue weighted by Crippen LogP contribution is -2.30. The highest BCUT2D eigenvalue weighted by atomic mass is 16.6. The molecule has 0 heterocycles. The van der Waals surface area contributed by atoms with Crippen LogP contribution in [-0.2, 0) is 28.6 Å². The van der Waals surface area contributed by atoms with E-state index < -0.39 is 6.10 Å². The Kier molecular flexibility index (Phi) is 48.5. The molecule has 0 bridgehead atoms. The molecule has 0 amide bonds. The highest BCUT2D eigenvalue weighted by Crippen LogP contribution is 2.11. The monoisotopic (exact) mass is 887 g/mol. The van der Waals surface area contributed by atoms with Gasteiger partial charge in [0.15, 0.2) is 6.10 Å². The summed E-state index contributed by atoms with van der Waals surface area (Å²) in [5, 5.41) is 0. The predicted octanol–water partition coefficient (Wildman–Crippen LogP) is 17.1. The maximum absolute atomic E-state index is 12.8. The molecule has 0 aromatic heterocycles. The number of rotatable bonds is 45. The second kappa shape index (κ2) is 51.7. The third-order valence-electron chi connectivity index (χ3n) is 10.5. The van der Waals surface area contributed by atoms with Crippen LogP contribution in [0.5, 0.6) is 0 Å². The van der Waals surface area contributed by atoms with E-state index in [9.17, 15) is 14.4 Å². The van der Waals surface area contributed by atoms with Crippen molar-refractivity contribution < 1.29 is 28.6 Å². The maximum Gasteiger partial charge on any atom is 0.306 e. The minimum Gasteiger partial charge on any atom is -0.462 e. The Morgan fingerprint density at radius 3 is 1.02 bits per heavy atom. The summed E-state index contributed by atoms with van der Waals surface area (Å²) in [6.07, 6.45) is 69.5. The summed E-state index contributed by atoms with van der Waals surface area (Å²) in [7, 11) is 0. The van der Waals surface area contributed by atoms with Gasteiger partial charge < -0.3 is 14.2 Å². The zero-order valence-corrected chi connectivity index (χ0v) is 41.3. The fraction of sp³-hybridized carbons (Fsp3) is 0.638. The molecule has 0 radical (unpaired) electrons. The first kappa shape index (κ1) is 60.1. The fourth-order valence-electron chi connectivity index (χ4n) is 6.60. The van der Waals surface area contributed by atoms with E-state index in [-0.39, 0.29) is 50.4 Å². The quantitative estimate of drug-likeness (QED) is 0.0262. The number of ether oxygens (including phenoxy) is 3. The zero-order valence-electron chi connectivity index (χ0n) is 41.3. The number of unbranched alkanes of at least 4 members (excludes halogenated alkanes) is 16. The van der Waals surface area contributed by atoms with Crippen LogP contribution < -0.4 is 0 Å². The molecule has 0 fully saturated rings. The predicted molar refractivity (Wildman–Crippen MR) is 274 cm³/mol. The molecule has 1 atom stereocenters. The summed E-state index contributed by atoms with van der Waals surface area (Å²) in [5.41, 5.74) is 0. The summed E-state index contributed by atoms with van der Waals surface area (Å²) >= 11 is 0. The van der Waals surface area contributed by atoms with Crippen molar-refractivity contribution in [2.24, 2.45) is 0 Å². The number of carbonyl (C=O) groups is 3. The van der Waals surface area contributed by atoms with Crippen molar-refractivity contribution in [3.8, 4) is 0 Å². The van der Waals surface area contributed by atoms with Gasteiger partial charge in [-0.3, -0.25) is 14.4 Å². The fourth-order valence-corrected chi connectivity index (χ4v) is 6.60. The Morgan fingerprint density at radius 2 is 0.625 bits per heavy atom. The Morgan fingerprint density at radius 1 is 0.328 bits per heavy atom. The molecular formula is C58H94O6. The first-order chi connectivity index (χ1) is 31.5. The van der Waals surface area contributed by atoms with Crippen LogP contribution in [-0.4, -0.2) is 37.2 Å². The average molecular weight is 887 g/mol. The molecule has 0 spiro atoms. The van der Waals surface area contributed by atoms with Crippen molar-refractivity contribution in [2.75, 3.05) is 13.2 Å². The molecule has 0 saturated carbocycles. The SMILES string of the molecule is CC/C=C\C/C=C\C/C=C\CCCCC(=O)OCC(COC(=O)CCC/C=C\C/C=C\C/C=C\CCCCCCCC)OC(=O)CCC/C=C\C/C=C\C/C=C\CCCCCCCC. The van der Waals surface area contributed by atoms with Gasteiger partial charge in [-0.2, -0.15) is 0 Å². The van der Waals surface area contributed by atoms with E-state index in [2.05, 4.69) is 130 Å². The molecule has 0 N–H and O–H groups in total. The third kappa shape index (κ3) is 49.1. The highest BCUT2D eigenvalue weighted by molar-refractivity contribution is 5.71. The summed E-state index contributed by atoms with van der Waals surface area (Å²) < 4.78 is 16.6. The summed E-state index contributed by atoms with van der Waals surface area (Å²) in [4.78, 5) is 37.9. The smallest absolute Gasteiger partial charge is 0.306 e. The zero-order chi connectivity index (χ0) is 46.5. The Labute approximate surface area is 393 Å². The lowest BCUT2D eigenvalue weighted by atomic mass is 10.1. The minimum absolute atomic E-state index is 0.136. The van der Waals surface area contributed by atoms with Crippen molar-refractivity contribution in [2.45, 2.75) is 226 Å². The van der Waals surface area contributed by atoms with Gasteiger partial charge in [-0.25, -0.2) is 0 Å². The molecule has 64 heavy (non-hydrogen) atoms. The molecule has 362 valence electrons. The lowest BCUT2D eigenvalue weighted by molar-refractivity contribution is -0.167. The molecule has 0 saturated heterocycles. The van der Waals surface area contributed by atoms with Crippen LogP contribution in [0.2, 0.25) is 0 Å². The normalized spacial score (nSPS) is 13.0. The molecule has 0 aliphatic rings. The van der Waals surface area contributed by atoms with Crippen LogP contribution in [0.15, 0.2) is 109 Å². The maximum atomic E-state index is 12.8. The van der Waals surface area contributed by atoms with Gasteiger partial charge in [-0.15, -0.1) is 0 Å². The second-order valence-electron chi connectivity index (χ2n) is 16.7. The molecule has 0 rings (SSSR count). The van der Waals surface area contributed by atoms with Crippen molar-refractivity contribution in [1.29, 1.82) is 0 Å². The van der Waals surface area contributed by atoms with Crippen LogP contribution >= 0.6 is 0 Å². The first-order valence-corrected chi connectivity index (χ1v) is 25.9. The number of hydrogen-bond acceptors (Lipinski definition) is 6. The number of esters is 3. The molecule has 0 aliphatic heterocycles. The first-order valence-electron chi connectivity index (χ1n) is 25.9. The van der Waals surface area contributed by atoms with Crippen molar-refractivity contribution in [1.82, 2.24) is 0 Å².